The fourth-order valence-electron chi connectivity index (χ4n) is 0.404. The molecule has 0 aliphatic carbocycles. The highest BCUT2D eigenvalue weighted by molar-refractivity contribution is 4.97. The van der Waals surface area contributed by atoms with Crippen LogP contribution in [0.25, 0.3) is 0 Å². The van der Waals surface area contributed by atoms with Crippen LogP contribution < -0.4 is 5.73 Å². The molecule has 8 heavy (non-hydrogen) atoms. The van der Waals surface area contributed by atoms with Gasteiger partial charge in [0.2, 0.25) is 0 Å². The van der Waals surface area contributed by atoms with Crippen molar-refractivity contribution in [1.29, 1.82) is 0 Å². The quantitative estimate of drug-likeness (QED) is 0.419. The first kappa shape index (κ1) is 7.52. The van der Waals surface area contributed by atoms with Gasteiger partial charge in [-0.25, -0.2) is 0 Å². The van der Waals surface area contributed by atoms with Crippen LogP contribution in [0.2, 0.25) is 0 Å². The molecule has 0 amide bonds. The highest BCUT2D eigenvalue weighted by Gasteiger charge is 1.73. The first-order valence-electron chi connectivity index (χ1n) is 3.07. The Hall–Kier alpha value is -0.480. The van der Waals surface area contributed by atoms with E-state index in [9.17, 15) is 0 Å². The van der Waals surface area contributed by atoms with E-state index < -0.39 is 0 Å². The van der Waals surface area contributed by atoms with Crippen molar-refractivity contribution in [2.24, 2.45) is 5.73 Å². The van der Waals surface area contributed by atoms with Crippen molar-refractivity contribution >= 4 is 0 Å². The minimum atomic E-state index is 0.762. The van der Waals surface area contributed by atoms with Crippen LogP contribution in [0.1, 0.15) is 26.2 Å². The molecule has 0 saturated heterocycles. The zero-order valence-electron chi connectivity index (χ0n) is 5.41. The standard InChI is InChI=1S/C7H13N/c1-2-3-4-5-6-7-8/h2,5-8H2,1H3. The van der Waals surface area contributed by atoms with Gasteiger partial charge in [0, 0.05) is 12.8 Å². The summed E-state index contributed by atoms with van der Waals surface area (Å²) in [5, 5.41) is 0. The summed E-state index contributed by atoms with van der Waals surface area (Å²) >= 11 is 0. The molecule has 1 heteroatoms. The van der Waals surface area contributed by atoms with Crippen molar-refractivity contribution in [2.45, 2.75) is 26.2 Å². The van der Waals surface area contributed by atoms with Crippen LogP contribution in [0.3, 0.4) is 0 Å². The van der Waals surface area contributed by atoms with Gasteiger partial charge in [-0.2, -0.15) is 0 Å². The normalized spacial score (nSPS) is 7.75. The third-order valence-electron chi connectivity index (χ3n) is 0.808. The fourth-order valence-corrected chi connectivity index (χ4v) is 0.404. The van der Waals surface area contributed by atoms with E-state index in [4.69, 9.17) is 5.73 Å². The molecule has 0 aromatic carbocycles. The molecule has 0 rings (SSSR count). The molecule has 0 aromatic heterocycles. The van der Waals surface area contributed by atoms with E-state index in [0.29, 0.717) is 0 Å². The lowest BCUT2D eigenvalue weighted by Crippen LogP contribution is -1.96. The van der Waals surface area contributed by atoms with E-state index in [1.54, 1.807) is 0 Å². The number of unbranched alkanes of at least 4 members (excludes halogenated alkanes) is 1. The molecular weight excluding hydrogens is 98.1 g/mol. The van der Waals surface area contributed by atoms with Gasteiger partial charge in [0.25, 0.3) is 0 Å². The number of hydrogen-bond donors (Lipinski definition) is 1. The van der Waals surface area contributed by atoms with E-state index in [0.717, 1.165) is 25.8 Å². The molecule has 46 valence electrons. The van der Waals surface area contributed by atoms with Crippen molar-refractivity contribution in [3.05, 3.63) is 0 Å². The van der Waals surface area contributed by atoms with Crippen LogP contribution in [0, 0.1) is 11.8 Å². The highest BCUT2D eigenvalue weighted by atomic mass is 14.5. The fraction of sp³-hybridized carbons (Fsp3) is 0.714. The van der Waals surface area contributed by atoms with Crippen LogP contribution in [-0.2, 0) is 0 Å². The SMILES string of the molecule is CCC#CCCCN. The van der Waals surface area contributed by atoms with Gasteiger partial charge in [-0.1, -0.05) is 6.92 Å². The Morgan fingerprint density at radius 1 is 1.38 bits per heavy atom. The molecule has 0 unspecified atom stereocenters. The molecule has 0 atom stereocenters. The Balaban J connectivity index is 2.90. The van der Waals surface area contributed by atoms with Crippen molar-refractivity contribution < 1.29 is 0 Å². The third-order valence-corrected chi connectivity index (χ3v) is 0.808. The van der Waals surface area contributed by atoms with Gasteiger partial charge >= 0.3 is 0 Å². The zero-order valence-corrected chi connectivity index (χ0v) is 5.41. The first-order chi connectivity index (χ1) is 3.91. The summed E-state index contributed by atoms with van der Waals surface area (Å²) in [7, 11) is 0. The molecular formula is C7H13N. The van der Waals surface area contributed by atoms with E-state index in [-0.39, 0.29) is 0 Å². The number of hydrogen-bond acceptors (Lipinski definition) is 1. The summed E-state index contributed by atoms with van der Waals surface area (Å²) in [6.07, 6.45) is 2.96. The van der Waals surface area contributed by atoms with Crippen molar-refractivity contribution in [3.8, 4) is 11.8 Å². The minimum Gasteiger partial charge on any atom is -0.330 e. The van der Waals surface area contributed by atoms with Crippen LogP contribution in [-0.4, -0.2) is 6.54 Å². The second-order valence-corrected chi connectivity index (χ2v) is 1.60. The molecule has 1 nitrogen and oxygen atoms in total. The predicted molar refractivity (Wildman–Crippen MR) is 36.4 cm³/mol. The molecule has 2 N–H and O–H groups in total. The second kappa shape index (κ2) is 6.52. The van der Waals surface area contributed by atoms with Gasteiger partial charge in [-0.05, 0) is 13.0 Å². The Morgan fingerprint density at radius 2 is 2.12 bits per heavy atom. The summed E-state index contributed by atoms with van der Waals surface area (Å²) < 4.78 is 0. The van der Waals surface area contributed by atoms with Crippen LogP contribution >= 0.6 is 0 Å². The number of rotatable bonds is 2. The van der Waals surface area contributed by atoms with E-state index in [2.05, 4.69) is 18.8 Å². The Kier molecular flexibility index (Phi) is 6.13. The van der Waals surface area contributed by atoms with E-state index >= 15 is 0 Å². The van der Waals surface area contributed by atoms with E-state index in [1.165, 1.54) is 0 Å². The van der Waals surface area contributed by atoms with Gasteiger partial charge in [0.1, 0.15) is 0 Å². The maximum absolute atomic E-state index is 5.24. The molecule has 0 radical (unpaired) electrons. The lowest BCUT2D eigenvalue weighted by molar-refractivity contribution is 0.869. The third kappa shape index (κ3) is 5.52. The van der Waals surface area contributed by atoms with Crippen molar-refractivity contribution in [2.75, 3.05) is 6.54 Å². The van der Waals surface area contributed by atoms with Gasteiger partial charge in [-0.3, -0.25) is 0 Å². The van der Waals surface area contributed by atoms with Gasteiger partial charge in [0.05, 0.1) is 0 Å². The van der Waals surface area contributed by atoms with Crippen molar-refractivity contribution in [3.63, 3.8) is 0 Å². The smallest absolute Gasteiger partial charge is 0.0101 e. The average molecular weight is 111 g/mol. The maximum atomic E-state index is 5.24. The Labute approximate surface area is 51.3 Å². The summed E-state index contributed by atoms with van der Waals surface area (Å²) in [5.41, 5.74) is 5.24. The lowest BCUT2D eigenvalue weighted by Gasteiger charge is -1.82. The minimum absolute atomic E-state index is 0.762. The van der Waals surface area contributed by atoms with Crippen LogP contribution in [0.4, 0.5) is 0 Å². The molecule has 0 aliphatic heterocycles. The molecule has 0 saturated carbocycles. The van der Waals surface area contributed by atoms with Crippen LogP contribution in [0.15, 0.2) is 0 Å². The maximum Gasteiger partial charge on any atom is 0.0101 e. The highest BCUT2D eigenvalue weighted by Crippen LogP contribution is 1.81. The van der Waals surface area contributed by atoms with Gasteiger partial charge < -0.3 is 5.73 Å². The van der Waals surface area contributed by atoms with Crippen LogP contribution in [0.5, 0.6) is 0 Å². The molecule has 0 heterocycles. The largest absolute Gasteiger partial charge is 0.330 e. The lowest BCUT2D eigenvalue weighted by atomic mass is 10.3. The number of nitrogens with two attached hydrogens (primary N) is 1. The molecule has 0 aromatic rings. The average Bonchev–Trinajstić information content (AvgIpc) is 1.81. The summed E-state index contributed by atoms with van der Waals surface area (Å²) in [4.78, 5) is 0. The molecule has 0 spiro atoms. The molecule has 0 fully saturated rings. The van der Waals surface area contributed by atoms with Gasteiger partial charge in [0.15, 0.2) is 0 Å². The summed E-state index contributed by atoms with van der Waals surface area (Å²) in [6.45, 7) is 2.81. The predicted octanol–water partition coefficient (Wildman–Crippen LogP) is 1.14. The van der Waals surface area contributed by atoms with E-state index in [1.807, 2.05) is 0 Å². The Bertz CT molecular complexity index is 86.3. The second-order valence-electron chi connectivity index (χ2n) is 1.60. The summed E-state index contributed by atoms with van der Waals surface area (Å²) in [5.74, 6) is 5.98. The zero-order chi connectivity index (χ0) is 6.24. The summed E-state index contributed by atoms with van der Waals surface area (Å²) in [6, 6.07) is 0. The monoisotopic (exact) mass is 111 g/mol. The molecule has 0 aliphatic rings. The Morgan fingerprint density at radius 3 is 2.62 bits per heavy atom. The van der Waals surface area contributed by atoms with Gasteiger partial charge in [-0.15, -0.1) is 11.8 Å². The molecule has 0 bridgehead atoms. The topological polar surface area (TPSA) is 26.0 Å². The first-order valence-corrected chi connectivity index (χ1v) is 3.07. The van der Waals surface area contributed by atoms with Crippen molar-refractivity contribution in [1.82, 2.24) is 0 Å².